The van der Waals surface area contributed by atoms with Crippen LogP contribution in [0, 0.1) is 0 Å². The molecule has 1 heterocycles. The molecule has 0 atom stereocenters. The van der Waals surface area contributed by atoms with Crippen LogP contribution in [0.25, 0.3) is 0 Å². The summed E-state index contributed by atoms with van der Waals surface area (Å²) in [6, 6.07) is 20.5. The van der Waals surface area contributed by atoms with Gasteiger partial charge in [-0.3, -0.25) is 4.79 Å². The van der Waals surface area contributed by atoms with Gasteiger partial charge in [0.1, 0.15) is 0 Å². The van der Waals surface area contributed by atoms with Crippen LogP contribution in [0.15, 0.2) is 60.7 Å². The topological polar surface area (TPSA) is 44.4 Å². The van der Waals surface area contributed by atoms with Gasteiger partial charge in [-0.1, -0.05) is 36.4 Å². The molecule has 24 heavy (non-hydrogen) atoms. The molecule has 1 aliphatic heterocycles. The van der Waals surface area contributed by atoms with Crippen LogP contribution in [0.2, 0.25) is 0 Å². The Hall–Kier alpha value is -2.33. The summed E-state index contributed by atoms with van der Waals surface area (Å²) in [4.78, 5) is 14.4. The first-order valence-corrected chi connectivity index (χ1v) is 8.69. The minimum absolute atomic E-state index is 0.00343. The SMILES string of the molecule is O=C(NCCNC1CCN(c2ccccc2)CC1)c1ccccc1. The molecule has 1 fully saturated rings. The van der Waals surface area contributed by atoms with E-state index in [9.17, 15) is 4.79 Å². The molecule has 126 valence electrons. The summed E-state index contributed by atoms with van der Waals surface area (Å²) in [6.45, 7) is 3.64. The lowest BCUT2D eigenvalue weighted by Gasteiger charge is -2.34. The number of nitrogens with one attached hydrogen (secondary N) is 2. The maximum absolute atomic E-state index is 12.0. The summed E-state index contributed by atoms with van der Waals surface area (Å²) in [5.41, 5.74) is 2.03. The Morgan fingerprint density at radius 1 is 0.917 bits per heavy atom. The first kappa shape index (κ1) is 16.5. The molecule has 4 heteroatoms. The Labute approximate surface area is 143 Å². The zero-order chi connectivity index (χ0) is 16.6. The zero-order valence-electron chi connectivity index (χ0n) is 13.9. The van der Waals surface area contributed by atoms with E-state index in [0.29, 0.717) is 18.2 Å². The number of hydrogen-bond donors (Lipinski definition) is 2. The number of piperidine rings is 1. The van der Waals surface area contributed by atoms with Crippen molar-refractivity contribution in [3.8, 4) is 0 Å². The monoisotopic (exact) mass is 323 g/mol. The molecule has 2 aromatic carbocycles. The number of benzene rings is 2. The second kappa shape index (κ2) is 8.50. The fourth-order valence-corrected chi connectivity index (χ4v) is 3.12. The highest BCUT2D eigenvalue weighted by Gasteiger charge is 2.18. The molecule has 0 unspecified atom stereocenters. The molecule has 0 saturated carbocycles. The second-order valence-electron chi connectivity index (χ2n) is 6.17. The first-order chi connectivity index (χ1) is 11.8. The Kier molecular flexibility index (Phi) is 5.85. The molecule has 0 bridgehead atoms. The Morgan fingerprint density at radius 2 is 1.54 bits per heavy atom. The standard InChI is InChI=1S/C20H25N3O/c24-20(17-7-3-1-4-8-17)22-14-13-21-18-11-15-23(16-12-18)19-9-5-2-6-10-19/h1-10,18,21H,11-16H2,(H,22,24). The van der Waals surface area contributed by atoms with E-state index >= 15 is 0 Å². The number of hydrogen-bond acceptors (Lipinski definition) is 3. The van der Waals surface area contributed by atoms with Gasteiger partial charge in [0.25, 0.3) is 5.91 Å². The number of para-hydroxylation sites is 1. The van der Waals surface area contributed by atoms with E-state index in [4.69, 9.17) is 0 Å². The predicted octanol–water partition coefficient (Wildman–Crippen LogP) is 2.68. The van der Waals surface area contributed by atoms with E-state index in [1.165, 1.54) is 5.69 Å². The molecule has 2 aromatic rings. The average Bonchev–Trinajstić information content (AvgIpc) is 2.67. The van der Waals surface area contributed by atoms with Crippen LogP contribution < -0.4 is 15.5 Å². The quantitative estimate of drug-likeness (QED) is 0.803. The van der Waals surface area contributed by atoms with E-state index in [-0.39, 0.29) is 5.91 Å². The molecule has 4 nitrogen and oxygen atoms in total. The van der Waals surface area contributed by atoms with Gasteiger partial charge in [0.15, 0.2) is 0 Å². The number of rotatable bonds is 6. The van der Waals surface area contributed by atoms with Crippen molar-refractivity contribution in [2.45, 2.75) is 18.9 Å². The van der Waals surface area contributed by atoms with Crippen molar-refractivity contribution in [3.05, 3.63) is 66.2 Å². The van der Waals surface area contributed by atoms with Crippen molar-refractivity contribution in [2.24, 2.45) is 0 Å². The van der Waals surface area contributed by atoms with Gasteiger partial charge in [-0.25, -0.2) is 0 Å². The summed E-state index contributed by atoms with van der Waals surface area (Å²) in [5.74, 6) is -0.00343. The third-order valence-electron chi connectivity index (χ3n) is 4.50. The van der Waals surface area contributed by atoms with E-state index in [1.807, 2.05) is 30.3 Å². The van der Waals surface area contributed by atoms with E-state index in [1.54, 1.807) is 0 Å². The molecule has 3 rings (SSSR count). The van der Waals surface area contributed by atoms with Gasteiger partial charge in [-0.05, 0) is 37.1 Å². The number of carbonyl (C=O) groups is 1. The predicted molar refractivity (Wildman–Crippen MR) is 98.5 cm³/mol. The molecule has 0 radical (unpaired) electrons. The molecule has 0 aromatic heterocycles. The van der Waals surface area contributed by atoms with Crippen LogP contribution in [0.4, 0.5) is 5.69 Å². The lowest BCUT2D eigenvalue weighted by atomic mass is 10.0. The molecule has 1 saturated heterocycles. The molecular formula is C20H25N3O. The van der Waals surface area contributed by atoms with Crippen LogP contribution in [0.3, 0.4) is 0 Å². The maximum atomic E-state index is 12.0. The fraction of sp³-hybridized carbons (Fsp3) is 0.350. The van der Waals surface area contributed by atoms with Crippen molar-refractivity contribution in [2.75, 3.05) is 31.1 Å². The first-order valence-electron chi connectivity index (χ1n) is 8.69. The van der Waals surface area contributed by atoms with Crippen LogP contribution in [-0.2, 0) is 0 Å². The fourth-order valence-electron chi connectivity index (χ4n) is 3.12. The number of nitrogens with zero attached hydrogens (tertiary/aromatic N) is 1. The van der Waals surface area contributed by atoms with Crippen molar-refractivity contribution >= 4 is 11.6 Å². The van der Waals surface area contributed by atoms with Gasteiger partial charge in [0.2, 0.25) is 0 Å². The Balaban J connectivity index is 1.33. The van der Waals surface area contributed by atoms with E-state index < -0.39 is 0 Å². The van der Waals surface area contributed by atoms with Gasteiger partial charge >= 0.3 is 0 Å². The molecule has 0 spiro atoms. The van der Waals surface area contributed by atoms with Crippen LogP contribution in [0.1, 0.15) is 23.2 Å². The van der Waals surface area contributed by atoms with Crippen molar-refractivity contribution in [3.63, 3.8) is 0 Å². The second-order valence-corrected chi connectivity index (χ2v) is 6.17. The summed E-state index contributed by atoms with van der Waals surface area (Å²) in [7, 11) is 0. The maximum Gasteiger partial charge on any atom is 0.251 e. The van der Waals surface area contributed by atoms with Crippen LogP contribution in [-0.4, -0.2) is 38.1 Å². The van der Waals surface area contributed by atoms with Gasteiger partial charge in [0, 0.05) is 43.5 Å². The zero-order valence-corrected chi connectivity index (χ0v) is 13.9. The van der Waals surface area contributed by atoms with E-state index in [0.717, 1.165) is 32.5 Å². The van der Waals surface area contributed by atoms with Crippen molar-refractivity contribution in [1.29, 1.82) is 0 Å². The number of carbonyl (C=O) groups excluding carboxylic acids is 1. The average molecular weight is 323 g/mol. The highest BCUT2D eigenvalue weighted by Crippen LogP contribution is 2.19. The largest absolute Gasteiger partial charge is 0.371 e. The summed E-state index contributed by atoms with van der Waals surface area (Å²) in [6.07, 6.45) is 2.28. The smallest absolute Gasteiger partial charge is 0.251 e. The summed E-state index contributed by atoms with van der Waals surface area (Å²) in [5, 5.41) is 6.52. The van der Waals surface area contributed by atoms with Crippen molar-refractivity contribution in [1.82, 2.24) is 10.6 Å². The van der Waals surface area contributed by atoms with Gasteiger partial charge in [-0.2, -0.15) is 0 Å². The molecule has 2 N–H and O–H groups in total. The molecule has 1 amide bonds. The minimum atomic E-state index is -0.00343. The molecule has 0 aliphatic carbocycles. The minimum Gasteiger partial charge on any atom is -0.371 e. The van der Waals surface area contributed by atoms with Crippen LogP contribution in [0.5, 0.6) is 0 Å². The van der Waals surface area contributed by atoms with Gasteiger partial charge < -0.3 is 15.5 Å². The number of anilines is 1. The lowest BCUT2D eigenvalue weighted by Crippen LogP contribution is -2.44. The van der Waals surface area contributed by atoms with Gasteiger partial charge in [-0.15, -0.1) is 0 Å². The van der Waals surface area contributed by atoms with Gasteiger partial charge in [0.05, 0.1) is 0 Å². The third-order valence-corrected chi connectivity index (χ3v) is 4.50. The Morgan fingerprint density at radius 3 is 2.21 bits per heavy atom. The third kappa shape index (κ3) is 4.59. The Bertz CT molecular complexity index is 622. The number of amides is 1. The van der Waals surface area contributed by atoms with Crippen LogP contribution >= 0.6 is 0 Å². The summed E-state index contributed by atoms with van der Waals surface area (Å²) >= 11 is 0. The normalized spacial score (nSPS) is 15.2. The van der Waals surface area contributed by atoms with E-state index in [2.05, 4.69) is 45.9 Å². The van der Waals surface area contributed by atoms with Crippen molar-refractivity contribution < 1.29 is 4.79 Å². The lowest BCUT2D eigenvalue weighted by molar-refractivity contribution is 0.0953. The molecule has 1 aliphatic rings. The highest BCUT2D eigenvalue weighted by molar-refractivity contribution is 5.94. The summed E-state index contributed by atoms with van der Waals surface area (Å²) < 4.78 is 0. The highest BCUT2D eigenvalue weighted by atomic mass is 16.1. The molecular weight excluding hydrogens is 298 g/mol.